The van der Waals surface area contributed by atoms with Crippen LogP contribution in [-0.4, -0.2) is 25.5 Å². The molecule has 0 radical (unpaired) electrons. The van der Waals surface area contributed by atoms with Gasteiger partial charge < -0.3 is 5.32 Å². The predicted molar refractivity (Wildman–Crippen MR) is 78.9 cm³/mol. The fraction of sp³-hybridized carbons (Fsp3) is 0.133. The minimum absolute atomic E-state index is 0.167. The Bertz CT molecular complexity index is 745. The lowest BCUT2D eigenvalue weighted by Gasteiger charge is -2.07. The molecule has 0 aliphatic heterocycles. The Morgan fingerprint density at radius 2 is 2.19 bits per heavy atom. The summed E-state index contributed by atoms with van der Waals surface area (Å²) in [7, 11) is 1.78. The van der Waals surface area contributed by atoms with Crippen molar-refractivity contribution < 1.29 is 4.79 Å². The lowest BCUT2D eigenvalue weighted by Crippen LogP contribution is -2.11. The van der Waals surface area contributed by atoms with E-state index < -0.39 is 0 Å². The number of carbonyl (C=O) groups is 1. The van der Waals surface area contributed by atoms with Gasteiger partial charge in [0.2, 0.25) is 0 Å². The van der Waals surface area contributed by atoms with Gasteiger partial charge in [0, 0.05) is 31.3 Å². The topological polar surface area (TPSA) is 64.7 Å². The number of hydrogen-bond donors (Lipinski definition) is 1. The number of anilines is 1. The van der Waals surface area contributed by atoms with Crippen LogP contribution < -0.4 is 5.32 Å². The van der Waals surface area contributed by atoms with Crippen molar-refractivity contribution in [3.05, 3.63) is 66.2 Å². The van der Waals surface area contributed by atoms with E-state index in [4.69, 9.17) is 0 Å². The van der Waals surface area contributed by atoms with Gasteiger partial charge >= 0.3 is 0 Å². The average Bonchev–Trinajstić information content (AvgIpc) is 3.11. The summed E-state index contributed by atoms with van der Waals surface area (Å²) in [5.41, 5.74) is 2.37. The second-order valence-electron chi connectivity index (χ2n) is 4.76. The van der Waals surface area contributed by atoms with Crippen LogP contribution in [0.5, 0.6) is 0 Å². The smallest absolute Gasteiger partial charge is 0.258 e. The standard InChI is InChI=1S/C15H15N5O/c1-19-11-13(9-17-19)15(21)18-14-5-2-4-12(8-14)10-20-7-3-6-16-20/h2-9,11H,10H2,1H3,(H,18,21). The SMILES string of the molecule is Cn1cc(C(=O)Nc2cccc(Cn3cccn3)c2)cn1. The summed E-state index contributed by atoms with van der Waals surface area (Å²) in [5.74, 6) is -0.167. The summed E-state index contributed by atoms with van der Waals surface area (Å²) >= 11 is 0. The van der Waals surface area contributed by atoms with E-state index in [1.807, 2.05) is 41.2 Å². The van der Waals surface area contributed by atoms with Gasteiger partial charge in [-0.25, -0.2) is 0 Å². The summed E-state index contributed by atoms with van der Waals surface area (Å²) in [4.78, 5) is 12.1. The molecule has 3 aromatic rings. The van der Waals surface area contributed by atoms with Gasteiger partial charge in [-0.3, -0.25) is 14.2 Å². The molecular formula is C15H15N5O. The number of benzene rings is 1. The molecule has 0 saturated heterocycles. The Balaban J connectivity index is 1.72. The molecule has 0 aliphatic rings. The van der Waals surface area contributed by atoms with Crippen LogP contribution in [0, 0.1) is 0 Å². The second kappa shape index (κ2) is 5.62. The molecule has 1 amide bonds. The van der Waals surface area contributed by atoms with Crippen molar-refractivity contribution in [3.63, 3.8) is 0 Å². The van der Waals surface area contributed by atoms with E-state index in [-0.39, 0.29) is 5.91 Å². The number of carbonyl (C=O) groups excluding carboxylic acids is 1. The maximum absolute atomic E-state index is 12.1. The summed E-state index contributed by atoms with van der Waals surface area (Å²) < 4.78 is 3.44. The minimum atomic E-state index is -0.167. The molecule has 0 spiro atoms. The molecule has 0 fully saturated rings. The van der Waals surface area contributed by atoms with E-state index in [1.165, 1.54) is 0 Å². The number of amides is 1. The van der Waals surface area contributed by atoms with Crippen molar-refractivity contribution in [3.8, 4) is 0 Å². The third kappa shape index (κ3) is 3.17. The first-order chi connectivity index (χ1) is 10.2. The first-order valence-corrected chi connectivity index (χ1v) is 6.57. The summed E-state index contributed by atoms with van der Waals surface area (Å²) in [6, 6.07) is 9.60. The predicted octanol–water partition coefficient (Wildman–Crippen LogP) is 1.92. The van der Waals surface area contributed by atoms with Gasteiger partial charge in [-0.1, -0.05) is 12.1 Å². The van der Waals surface area contributed by atoms with Crippen LogP contribution in [0.1, 0.15) is 15.9 Å². The van der Waals surface area contributed by atoms with Crippen LogP contribution in [0.15, 0.2) is 55.1 Å². The Morgan fingerprint density at radius 3 is 2.90 bits per heavy atom. The zero-order chi connectivity index (χ0) is 14.7. The fourth-order valence-electron chi connectivity index (χ4n) is 2.07. The molecule has 2 aromatic heterocycles. The van der Waals surface area contributed by atoms with Crippen molar-refractivity contribution in [1.82, 2.24) is 19.6 Å². The molecule has 0 saturated carbocycles. The summed E-state index contributed by atoms with van der Waals surface area (Å²) in [5, 5.41) is 11.0. The number of hydrogen-bond acceptors (Lipinski definition) is 3. The molecule has 0 atom stereocenters. The molecule has 1 aromatic carbocycles. The van der Waals surface area contributed by atoms with Crippen molar-refractivity contribution in [2.45, 2.75) is 6.54 Å². The largest absolute Gasteiger partial charge is 0.322 e. The molecule has 21 heavy (non-hydrogen) atoms. The van der Waals surface area contributed by atoms with Gasteiger partial charge in [-0.15, -0.1) is 0 Å². The maximum atomic E-state index is 12.1. The zero-order valence-electron chi connectivity index (χ0n) is 11.6. The molecule has 0 unspecified atom stereocenters. The number of nitrogens with zero attached hydrogens (tertiary/aromatic N) is 4. The van der Waals surface area contributed by atoms with Crippen LogP contribution in [0.4, 0.5) is 5.69 Å². The minimum Gasteiger partial charge on any atom is -0.322 e. The highest BCUT2D eigenvalue weighted by Crippen LogP contribution is 2.13. The van der Waals surface area contributed by atoms with Crippen LogP contribution in [0.2, 0.25) is 0 Å². The summed E-state index contributed by atoms with van der Waals surface area (Å²) in [6.07, 6.45) is 6.88. The van der Waals surface area contributed by atoms with Gasteiger partial charge in [0.15, 0.2) is 0 Å². The van der Waals surface area contributed by atoms with Gasteiger partial charge in [0.1, 0.15) is 0 Å². The molecule has 0 bridgehead atoms. The molecule has 1 N–H and O–H groups in total. The highest BCUT2D eigenvalue weighted by Gasteiger charge is 2.08. The molecule has 6 heteroatoms. The first-order valence-electron chi connectivity index (χ1n) is 6.57. The van der Waals surface area contributed by atoms with E-state index in [0.717, 1.165) is 11.3 Å². The molecule has 0 aliphatic carbocycles. The van der Waals surface area contributed by atoms with E-state index >= 15 is 0 Å². The molecule has 106 valence electrons. The van der Waals surface area contributed by atoms with Crippen LogP contribution in [0.3, 0.4) is 0 Å². The van der Waals surface area contributed by atoms with Crippen molar-refractivity contribution in [2.24, 2.45) is 7.05 Å². The van der Waals surface area contributed by atoms with Gasteiger partial charge in [-0.05, 0) is 23.8 Å². The highest BCUT2D eigenvalue weighted by atomic mass is 16.1. The maximum Gasteiger partial charge on any atom is 0.258 e. The molecule has 6 nitrogen and oxygen atoms in total. The van der Waals surface area contributed by atoms with E-state index in [9.17, 15) is 4.79 Å². The van der Waals surface area contributed by atoms with E-state index in [2.05, 4.69) is 15.5 Å². The lowest BCUT2D eigenvalue weighted by molar-refractivity contribution is 0.102. The van der Waals surface area contributed by atoms with Gasteiger partial charge in [-0.2, -0.15) is 10.2 Å². The Morgan fingerprint density at radius 1 is 1.29 bits per heavy atom. The Labute approximate surface area is 122 Å². The van der Waals surface area contributed by atoms with Crippen LogP contribution in [0.25, 0.3) is 0 Å². The quantitative estimate of drug-likeness (QED) is 0.794. The highest BCUT2D eigenvalue weighted by molar-refractivity contribution is 6.03. The Kier molecular flexibility index (Phi) is 3.51. The van der Waals surface area contributed by atoms with E-state index in [0.29, 0.717) is 12.1 Å². The van der Waals surface area contributed by atoms with Crippen molar-refractivity contribution >= 4 is 11.6 Å². The van der Waals surface area contributed by atoms with Gasteiger partial charge in [0.25, 0.3) is 5.91 Å². The van der Waals surface area contributed by atoms with Crippen LogP contribution >= 0.6 is 0 Å². The molecule has 2 heterocycles. The summed E-state index contributed by atoms with van der Waals surface area (Å²) in [6.45, 7) is 0.670. The monoisotopic (exact) mass is 281 g/mol. The lowest BCUT2D eigenvalue weighted by atomic mass is 10.2. The molecule has 3 rings (SSSR count). The number of aryl methyl sites for hydroxylation is 1. The molecular weight excluding hydrogens is 266 g/mol. The average molecular weight is 281 g/mol. The fourth-order valence-corrected chi connectivity index (χ4v) is 2.07. The number of aromatic nitrogens is 4. The number of rotatable bonds is 4. The second-order valence-corrected chi connectivity index (χ2v) is 4.76. The Hall–Kier alpha value is -2.89. The van der Waals surface area contributed by atoms with Crippen LogP contribution in [-0.2, 0) is 13.6 Å². The van der Waals surface area contributed by atoms with Crippen molar-refractivity contribution in [2.75, 3.05) is 5.32 Å². The van der Waals surface area contributed by atoms with Gasteiger partial charge in [0.05, 0.1) is 18.3 Å². The first kappa shape index (κ1) is 13.1. The van der Waals surface area contributed by atoms with Crippen molar-refractivity contribution in [1.29, 1.82) is 0 Å². The third-order valence-corrected chi connectivity index (χ3v) is 3.06. The zero-order valence-corrected chi connectivity index (χ0v) is 11.6. The van der Waals surface area contributed by atoms with E-state index in [1.54, 1.807) is 30.3 Å². The normalized spacial score (nSPS) is 10.5. The third-order valence-electron chi connectivity index (χ3n) is 3.06. The number of nitrogens with one attached hydrogen (secondary N) is 1.